The zero-order chi connectivity index (χ0) is 20.4. The van der Waals surface area contributed by atoms with Gasteiger partial charge in [-0.05, 0) is 37.2 Å². The van der Waals surface area contributed by atoms with E-state index in [9.17, 15) is 9.50 Å². The van der Waals surface area contributed by atoms with Crippen molar-refractivity contribution in [2.75, 3.05) is 13.2 Å². The van der Waals surface area contributed by atoms with Gasteiger partial charge in [-0.2, -0.15) is 0 Å². The van der Waals surface area contributed by atoms with Crippen LogP contribution < -0.4 is 0 Å². The second-order valence-electron chi connectivity index (χ2n) is 8.15. The largest absolute Gasteiger partial charge is 0.546 e. The molecule has 1 saturated heterocycles. The van der Waals surface area contributed by atoms with Gasteiger partial charge in [-0.3, -0.25) is 0 Å². The van der Waals surface area contributed by atoms with Gasteiger partial charge in [0.15, 0.2) is 5.79 Å². The number of hydrogen-bond acceptors (Lipinski definition) is 4. The van der Waals surface area contributed by atoms with Crippen LogP contribution >= 0.6 is 0 Å². The number of rotatable bonds is 7. The molecule has 0 aromatic heterocycles. The quantitative estimate of drug-likeness (QED) is 0.638. The Balaban J connectivity index is 2.01. The van der Waals surface area contributed by atoms with Gasteiger partial charge in [0.05, 0.1) is 30.5 Å². The van der Waals surface area contributed by atoms with Gasteiger partial charge in [0.2, 0.25) is 8.32 Å². The van der Waals surface area contributed by atoms with Crippen LogP contribution in [0.25, 0.3) is 0 Å². The van der Waals surface area contributed by atoms with E-state index in [1.807, 2.05) is 6.08 Å². The summed E-state index contributed by atoms with van der Waals surface area (Å²) in [7, 11) is -1.95. The Morgan fingerprint density at radius 2 is 1.79 bits per heavy atom. The van der Waals surface area contributed by atoms with Gasteiger partial charge in [-0.25, -0.2) is 4.39 Å². The third-order valence-electron chi connectivity index (χ3n) is 6.65. The molecule has 1 aromatic carbocycles. The molecule has 1 aliphatic heterocycles. The lowest BCUT2D eigenvalue weighted by molar-refractivity contribution is -0.187. The summed E-state index contributed by atoms with van der Waals surface area (Å²) in [6.45, 7) is 9.28. The van der Waals surface area contributed by atoms with Crippen molar-refractivity contribution in [2.45, 2.75) is 70.1 Å². The van der Waals surface area contributed by atoms with E-state index in [0.29, 0.717) is 26.1 Å². The van der Waals surface area contributed by atoms with Gasteiger partial charge in [0.25, 0.3) is 0 Å². The summed E-state index contributed by atoms with van der Waals surface area (Å²) in [5.74, 6) is -0.825. The first-order chi connectivity index (χ1) is 13.3. The molecule has 0 unspecified atom stereocenters. The predicted octanol–water partition coefficient (Wildman–Crippen LogP) is 5.09. The summed E-state index contributed by atoms with van der Waals surface area (Å²) in [5.41, 5.74) is -1.16. The molecule has 28 heavy (non-hydrogen) atoms. The fourth-order valence-corrected chi connectivity index (χ4v) is 7.15. The number of hydrogen-bond donors (Lipinski definition) is 1. The molecule has 1 fully saturated rings. The highest BCUT2D eigenvalue weighted by Crippen LogP contribution is 2.48. The summed E-state index contributed by atoms with van der Waals surface area (Å²) < 4.78 is 33.1. The van der Waals surface area contributed by atoms with Crippen LogP contribution in [0.5, 0.6) is 0 Å². The van der Waals surface area contributed by atoms with Crippen molar-refractivity contribution in [1.82, 2.24) is 0 Å². The van der Waals surface area contributed by atoms with E-state index in [1.54, 1.807) is 25.1 Å². The zero-order valence-electron chi connectivity index (χ0n) is 17.5. The molecule has 1 N–H and O–H groups in total. The maximum Gasteiger partial charge on any atom is 0.250 e. The zero-order valence-corrected chi connectivity index (χ0v) is 18.5. The van der Waals surface area contributed by atoms with E-state index in [1.165, 1.54) is 6.07 Å². The molecule has 1 heterocycles. The van der Waals surface area contributed by atoms with Crippen LogP contribution in [0, 0.1) is 11.7 Å². The minimum atomic E-state index is -1.95. The van der Waals surface area contributed by atoms with Crippen molar-refractivity contribution in [1.29, 1.82) is 0 Å². The van der Waals surface area contributed by atoms with E-state index >= 15 is 0 Å². The second-order valence-corrected chi connectivity index (χ2v) is 12.8. The molecule has 3 rings (SSSR count). The summed E-state index contributed by atoms with van der Waals surface area (Å²) in [6.07, 6.45) is 3.05. The van der Waals surface area contributed by atoms with E-state index in [0.717, 1.165) is 23.9 Å². The van der Waals surface area contributed by atoms with Crippen molar-refractivity contribution in [3.05, 3.63) is 47.5 Å². The Labute approximate surface area is 168 Å². The second kappa shape index (κ2) is 8.26. The van der Waals surface area contributed by atoms with Crippen LogP contribution in [-0.2, 0) is 19.5 Å². The molecule has 0 amide bonds. The average molecular weight is 409 g/mol. The maximum atomic E-state index is 14.6. The van der Waals surface area contributed by atoms with Crippen molar-refractivity contribution in [2.24, 2.45) is 5.92 Å². The van der Waals surface area contributed by atoms with Crippen molar-refractivity contribution in [3.63, 3.8) is 0 Å². The molecule has 1 spiro atoms. The summed E-state index contributed by atoms with van der Waals surface area (Å²) in [5, 5.41) is 11.6. The van der Waals surface area contributed by atoms with Crippen molar-refractivity contribution >= 4 is 8.32 Å². The van der Waals surface area contributed by atoms with Gasteiger partial charge >= 0.3 is 0 Å². The molecule has 0 bridgehead atoms. The summed E-state index contributed by atoms with van der Waals surface area (Å²) >= 11 is 0. The van der Waals surface area contributed by atoms with Gasteiger partial charge in [0.1, 0.15) is 5.82 Å². The van der Waals surface area contributed by atoms with Crippen molar-refractivity contribution in [3.8, 4) is 0 Å². The third kappa shape index (κ3) is 3.92. The van der Waals surface area contributed by atoms with Crippen LogP contribution in [0.3, 0.4) is 0 Å². The Bertz CT molecular complexity index is 700. The van der Waals surface area contributed by atoms with E-state index < -0.39 is 31.4 Å². The molecule has 156 valence electrons. The molecule has 0 radical (unpaired) electrons. The van der Waals surface area contributed by atoms with Crippen LogP contribution in [0.15, 0.2) is 36.1 Å². The molecule has 1 aliphatic carbocycles. The fourth-order valence-electron chi connectivity index (χ4n) is 4.49. The predicted molar refractivity (Wildman–Crippen MR) is 110 cm³/mol. The van der Waals surface area contributed by atoms with Crippen LogP contribution in [-0.4, -0.2) is 32.4 Å². The SMILES string of the molecule is CC[Si](CC)(CC)OC1=CCC2(C[C@H]1[C@@](C)(O)c1ccccc1F)OCCO2. The minimum Gasteiger partial charge on any atom is -0.546 e. The Morgan fingerprint density at radius 3 is 2.36 bits per heavy atom. The number of aliphatic hydroxyl groups is 1. The monoisotopic (exact) mass is 408 g/mol. The van der Waals surface area contributed by atoms with E-state index in [-0.39, 0.29) is 5.56 Å². The summed E-state index contributed by atoms with van der Waals surface area (Å²) in [4.78, 5) is 0. The molecule has 4 nitrogen and oxygen atoms in total. The highest BCUT2D eigenvalue weighted by Gasteiger charge is 2.51. The third-order valence-corrected chi connectivity index (χ3v) is 11.2. The topological polar surface area (TPSA) is 47.9 Å². The number of halogens is 1. The molecule has 2 atom stereocenters. The highest BCUT2D eigenvalue weighted by molar-refractivity contribution is 6.73. The lowest BCUT2D eigenvalue weighted by atomic mass is 9.74. The lowest BCUT2D eigenvalue weighted by Crippen LogP contribution is -2.47. The molecule has 0 saturated carbocycles. The van der Waals surface area contributed by atoms with E-state index in [4.69, 9.17) is 13.9 Å². The molecular formula is C22H33FO4Si. The Morgan fingerprint density at radius 1 is 1.18 bits per heavy atom. The Hall–Kier alpha value is -1.21. The molecule has 2 aliphatic rings. The maximum absolute atomic E-state index is 14.6. The standard InChI is InChI=1S/C22H33FO4Si/c1-5-28(6-2,7-3)27-20-12-13-22(25-14-15-26-22)16-18(20)21(4,24)17-10-8-9-11-19(17)23/h8-12,18,24H,5-7,13-16H2,1-4H3/t18-,21+/m1/s1. The smallest absolute Gasteiger partial charge is 0.250 e. The number of benzene rings is 1. The van der Waals surface area contributed by atoms with Crippen molar-refractivity contribution < 1.29 is 23.4 Å². The molecule has 1 aromatic rings. The average Bonchev–Trinajstić information content (AvgIpc) is 3.15. The first-order valence-corrected chi connectivity index (χ1v) is 13.0. The van der Waals surface area contributed by atoms with Crippen LogP contribution in [0.4, 0.5) is 4.39 Å². The normalized spacial score (nSPS) is 24.1. The minimum absolute atomic E-state index is 0.279. The molecular weight excluding hydrogens is 375 g/mol. The number of ether oxygens (including phenoxy) is 2. The van der Waals surface area contributed by atoms with Crippen LogP contribution in [0.1, 0.15) is 46.1 Å². The first kappa shape index (κ1) is 21.5. The van der Waals surface area contributed by atoms with Gasteiger partial charge in [-0.1, -0.05) is 39.0 Å². The summed E-state index contributed by atoms with van der Waals surface area (Å²) in [6, 6.07) is 9.43. The van der Waals surface area contributed by atoms with Gasteiger partial charge in [0, 0.05) is 18.4 Å². The highest BCUT2D eigenvalue weighted by atomic mass is 28.4. The van der Waals surface area contributed by atoms with Crippen LogP contribution in [0.2, 0.25) is 18.1 Å². The fraction of sp³-hybridized carbons (Fsp3) is 0.636. The van der Waals surface area contributed by atoms with Gasteiger partial charge in [-0.15, -0.1) is 0 Å². The lowest BCUT2D eigenvalue weighted by Gasteiger charge is -2.45. The first-order valence-electron chi connectivity index (χ1n) is 10.5. The molecule has 6 heteroatoms. The van der Waals surface area contributed by atoms with E-state index in [2.05, 4.69) is 20.8 Å². The van der Waals surface area contributed by atoms with Gasteiger partial charge < -0.3 is 19.0 Å². The Kier molecular flexibility index (Phi) is 6.34.